The topological polar surface area (TPSA) is 61.8 Å². The van der Waals surface area contributed by atoms with Crippen molar-refractivity contribution in [3.05, 3.63) is 23.8 Å². The number of esters is 1. The Bertz CT molecular complexity index is 453. The first kappa shape index (κ1) is 15.0. The monoisotopic (exact) mass is 266 g/mol. The molecule has 0 saturated carbocycles. The molecule has 1 aromatic carbocycles. The highest BCUT2D eigenvalue weighted by atomic mass is 16.5. The molecule has 0 aliphatic carbocycles. The number of Topliss-reactive ketones (excluding diaryl/α,β-unsaturated/α-hetero) is 1. The number of carbonyl (C=O) groups is 2. The summed E-state index contributed by atoms with van der Waals surface area (Å²) in [4.78, 5) is 23.2. The van der Waals surface area contributed by atoms with Crippen molar-refractivity contribution >= 4 is 11.8 Å². The van der Waals surface area contributed by atoms with Gasteiger partial charge >= 0.3 is 5.97 Å². The Morgan fingerprint density at radius 2 is 1.79 bits per heavy atom. The van der Waals surface area contributed by atoms with Gasteiger partial charge in [-0.25, -0.2) is 0 Å². The summed E-state index contributed by atoms with van der Waals surface area (Å²) in [6.45, 7) is 4.61. The van der Waals surface area contributed by atoms with Crippen molar-refractivity contribution < 1.29 is 23.8 Å². The van der Waals surface area contributed by atoms with Gasteiger partial charge in [0.1, 0.15) is 17.9 Å². The van der Waals surface area contributed by atoms with E-state index >= 15 is 0 Å². The molecule has 0 fully saturated rings. The van der Waals surface area contributed by atoms with Crippen LogP contribution < -0.4 is 9.47 Å². The lowest BCUT2D eigenvalue weighted by atomic mass is 10.1. The van der Waals surface area contributed by atoms with E-state index in [0.717, 1.165) is 0 Å². The van der Waals surface area contributed by atoms with Crippen LogP contribution in [-0.4, -0.2) is 32.1 Å². The molecule has 1 rings (SSSR count). The van der Waals surface area contributed by atoms with Crippen molar-refractivity contribution in [3.63, 3.8) is 0 Å². The SMILES string of the molecule is CCOc1ccc(OCC)c(C(=O)CC(=O)OC)c1. The minimum absolute atomic E-state index is 0.313. The van der Waals surface area contributed by atoms with E-state index in [4.69, 9.17) is 9.47 Å². The summed E-state index contributed by atoms with van der Waals surface area (Å²) < 4.78 is 15.2. The molecule has 19 heavy (non-hydrogen) atoms. The van der Waals surface area contributed by atoms with Crippen LogP contribution >= 0.6 is 0 Å². The lowest BCUT2D eigenvalue weighted by Gasteiger charge is -2.11. The Morgan fingerprint density at radius 1 is 1.11 bits per heavy atom. The summed E-state index contributed by atoms with van der Waals surface area (Å²) in [5.74, 6) is 0.0881. The van der Waals surface area contributed by atoms with Crippen LogP contribution in [-0.2, 0) is 9.53 Å². The Labute approximate surface area is 112 Å². The highest BCUT2D eigenvalue weighted by Gasteiger charge is 2.17. The number of carbonyl (C=O) groups excluding carboxylic acids is 2. The maximum atomic E-state index is 12.0. The van der Waals surface area contributed by atoms with Crippen molar-refractivity contribution in [1.82, 2.24) is 0 Å². The van der Waals surface area contributed by atoms with Gasteiger partial charge in [0, 0.05) is 0 Å². The lowest BCUT2D eigenvalue weighted by molar-refractivity contribution is -0.139. The first-order valence-corrected chi connectivity index (χ1v) is 6.12. The zero-order chi connectivity index (χ0) is 14.3. The lowest BCUT2D eigenvalue weighted by Crippen LogP contribution is -2.11. The molecule has 0 amide bonds. The molecule has 5 nitrogen and oxygen atoms in total. The Hall–Kier alpha value is -2.04. The quantitative estimate of drug-likeness (QED) is 0.430. The second-order valence-corrected chi connectivity index (χ2v) is 3.70. The molecule has 0 saturated heterocycles. The number of hydrogen-bond acceptors (Lipinski definition) is 5. The molecule has 0 aliphatic heterocycles. The van der Waals surface area contributed by atoms with Gasteiger partial charge in [0.05, 0.1) is 25.9 Å². The zero-order valence-corrected chi connectivity index (χ0v) is 11.4. The normalized spacial score (nSPS) is 9.84. The Morgan fingerprint density at radius 3 is 2.37 bits per heavy atom. The van der Waals surface area contributed by atoms with E-state index in [1.807, 2.05) is 13.8 Å². The average molecular weight is 266 g/mol. The molecule has 0 N–H and O–H groups in total. The van der Waals surface area contributed by atoms with Crippen LogP contribution in [0.15, 0.2) is 18.2 Å². The molecule has 0 heterocycles. The highest BCUT2D eigenvalue weighted by Crippen LogP contribution is 2.25. The summed E-state index contributed by atoms with van der Waals surface area (Å²) in [5.41, 5.74) is 0.332. The average Bonchev–Trinajstić information content (AvgIpc) is 2.40. The maximum absolute atomic E-state index is 12.0. The van der Waals surface area contributed by atoms with E-state index in [2.05, 4.69) is 4.74 Å². The molecular weight excluding hydrogens is 248 g/mol. The molecule has 0 spiro atoms. The largest absolute Gasteiger partial charge is 0.494 e. The van der Waals surface area contributed by atoms with Crippen molar-refractivity contribution in [1.29, 1.82) is 0 Å². The summed E-state index contributed by atoms with van der Waals surface area (Å²) in [5, 5.41) is 0. The first-order valence-electron chi connectivity index (χ1n) is 6.12. The third-order valence-electron chi connectivity index (χ3n) is 2.39. The summed E-state index contributed by atoms with van der Waals surface area (Å²) in [6, 6.07) is 4.97. The minimum Gasteiger partial charge on any atom is -0.494 e. The van der Waals surface area contributed by atoms with Crippen LogP contribution in [0.25, 0.3) is 0 Å². The number of benzene rings is 1. The summed E-state index contributed by atoms with van der Waals surface area (Å²) >= 11 is 0. The smallest absolute Gasteiger partial charge is 0.313 e. The third-order valence-corrected chi connectivity index (χ3v) is 2.39. The fourth-order valence-corrected chi connectivity index (χ4v) is 1.56. The van der Waals surface area contributed by atoms with E-state index in [-0.39, 0.29) is 12.2 Å². The maximum Gasteiger partial charge on any atom is 0.313 e. The molecule has 5 heteroatoms. The van der Waals surface area contributed by atoms with Crippen molar-refractivity contribution in [2.24, 2.45) is 0 Å². The Kier molecular flexibility index (Phi) is 5.85. The highest BCUT2D eigenvalue weighted by molar-refractivity contribution is 6.07. The molecule has 0 aromatic heterocycles. The van der Waals surface area contributed by atoms with E-state index in [1.54, 1.807) is 18.2 Å². The molecule has 1 aromatic rings. The fourth-order valence-electron chi connectivity index (χ4n) is 1.56. The standard InChI is InChI=1S/C14H18O5/c1-4-18-10-6-7-13(19-5-2)11(8-10)12(15)9-14(16)17-3/h6-8H,4-5,9H2,1-3H3. The molecule has 0 bridgehead atoms. The first-order chi connectivity index (χ1) is 9.12. The van der Waals surface area contributed by atoms with Gasteiger partial charge in [-0.1, -0.05) is 0 Å². The number of ether oxygens (including phenoxy) is 3. The van der Waals surface area contributed by atoms with Gasteiger partial charge < -0.3 is 14.2 Å². The van der Waals surface area contributed by atoms with Gasteiger partial charge in [-0.2, -0.15) is 0 Å². The number of rotatable bonds is 7. The van der Waals surface area contributed by atoms with Crippen molar-refractivity contribution in [2.75, 3.05) is 20.3 Å². The van der Waals surface area contributed by atoms with Crippen molar-refractivity contribution in [2.45, 2.75) is 20.3 Å². The molecule has 104 valence electrons. The van der Waals surface area contributed by atoms with Gasteiger partial charge in [-0.15, -0.1) is 0 Å². The Balaban J connectivity index is 3.01. The van der Waals surface area contributed by atoms with Gasteiger partial charge in [0.2, 0.25) is 0 Å². The minimum atomic E-state index is -0.575. The van der Waals surface area contributed by atoms with Crippen LogP contribution in [0.2, 0.25) is 0 Å². The number of hydrogen-bond donors (Lipinski definition) is 0. The van der Waals surface area contributed by atoms with Crippen LogP contribution in [0, 0.1) is 0 Å². The van der Waals surface area contributed by atoms with E-state index in [0.29, 0.717) is 30.3 Å². The van der Waals surface area contributed by atoms with E-state index in [9.17, 15) is 9.59 Å². The van der Waals surface area contributed by atoms with Crippen LogP contribution in [0.4, 0.5) is 0 Å². The third kappa shape index (κ3) is 4.28. The van der Waals surface area contributed by atoms with Gasteiger partial charge in [0.25, 0.3) is 0 Å². The summed E-state index contributed by atoms with van der Waals surface area (Å²) in [7, 11) is 1.25. The van der Waals surface area contributed by atoms with Crippen molar-refractivity contribution in [3.8, 4) is 11.5 Å². The summed E-state index contributed by atoms with van der Waals surface area (Å²) in [6.07, 6.45) is -0.313. The van der Waals surface area contributed by atoms with Crippen LogP contribution in [0.5, 0.6) is 11.5 Å². The molecule has 0 radical (unpaired) electrons. The van der Waals surface area contributed by atoms with Gasteiger partial charge in [-0.05, 0) is 32.0 Å². The van der Waals surface area contributed by atoms with E-state index < -0.39 is 5.97 Å². The molecule has 0 atom stereocenters. The number of methoxy groups -OCH3 is 1. The fraction of sp³-hybridized carbons (Fsp3) is 0.429. The molecule has 0 aliphatic rings. The number of ketones is 1. The van der Waals surface area contributed by atoms with Gasteiger partial charge in [0.15, 0.2) is 5.78 Å². The molecule has 0 unspecified atom stereocenters. The zero-order valence-electron chi connectivity index (χ0n) is 11.4. The second kappa shape index (κ2) is 7.41. The van der Waals surface area contributed by atoms with Crippen LogP contribution in [0.1, 0.15) is 30.6 Å². The predicted molar refractivity (Wildman–Crippen MR) is 69.7 cm³/mol. The second-order valence-electron chi connectivity index (χ2n) is 3.70. The molecular formula is C14H18O5. The van der Waals surface area contributed by atoms with E-state index in [1.165, 1.54) is 7.11 Å². The van der Waals surface area contributed by atoms with Gasteiger partial charge in [-0.3, -0.25) is 9.59 Å². The van der Waals surface area contributed by atoms with Crippen LogP contribution in [0.3, 0.4) is 0 Å². The predicted octanol–water partition coefficient (Wildman–Crippen LogP) is 2.23.